The highest BCUT2D eigenvalue weighted by molar-refractivity contribution is 5.96. The highest BCUT2D eigenvalue weighted by atomic mass is 16.5. The summed E-state index contributed by atoms with van der Waals surface area (Å²) in [4.78, 5) is 23.8. The predicted molar refractivity (Wildman–Crippen MR) is 74.3 cm³/mol. The summed E-state index contributed by atoms with van der Waals surface area (Å²) in [6, 6.07) is 7.00. The van der Waals surface area contributed by atoms with Gasteiger partial charge in [-0.3, -0.25) is 4.79 Å². The van der Waals surface area contributed by atoms with E-state index in [2.05, 4.69) is 5.32 Å². The predicted octanol–water partition coefficient (Wildman–Crippen LogP) is 0.822. The SMILES string of the molecule is COc1cccc(NC(=O)[C@@H]2[C@@H](C(=O)[O-])[C@H]3C=C[C@@H]2C3)c1. The molecule has 2 aliphatic carbocycles. The maximum atomic E-state index is 12.4. The highest BCUT2D eigenvalue weighted by Gasteiger charge is 2.48. The van der Waals surface area contributed by atoms with E-state index in [-0.39, 0.29) is 17.7 Å². The third-order valence-corrected chi connectivity index (χ3v) is 4.37. The Morgan fingerprint density at radius 3 is 2.62 bits per heavy atom. The van der Waals surface area contributed by atoms with Crippen molar-refractivity contribution in [1.29, 1.82) is 0 Å². The summed E-state index contributed by atoms with van der Waals surface area (Å²) in [7, 11) is 1.55. The van der Waals surface area contributed by atoms with Crippen molar-refractivity contribution in [2.24, 2.45) is 23.7 Å². The van der Waals surface area contributed by atoms with Crippen molar-refractivity contribution in [3.8, 4) is 5.75 Å². The Bertz CT molecular complexity index is 610. The molecule has 0 radical (unpaired) electrons. The molecule has 0 saturated heterocycles. The van der Waals surface area contributed by atoms with Crippen LogP contribution in [-0.4, -0.2) is 19.0 Å². The monoisotopic (exact) mass is 286 g/mol. The minimum absolute atomic E-state index is 0.0106. The van der Waals surface area contributed by atoms with Crippen molar-refractivity contribution in [2.75, 3.05) is 12.4 Å². The van der Waals surface area contributed by atoms with Crippen molar-refractivity contribution in [1.82, 2.24) is 0 Å². The van der Waals surface area contributed by atoms with Crippen LogP contribution in [0.3, 0.4) is 0 Å². The van der Waals surface area contributed by atoms with Crippen LogP contribution in [-0.2, 0) is 9.59 Å². The molecule has 1 amide bonds. The fourth-order valence-corrected chi connectivity index (χ4v) is 3.43. The first kappa shape index (κ1) is 13.7. The topological polar surface area (TPSA) is 78.5 Å². The number of anilines is 1. The Kier molecular flexibility index (Phi) is 3.41. The Labute approximate surface area is 122 Å². The number of amides is 1. The smallest absolute Gasteiger partial charge is 0.228 e. The molecule has 0 aliphatic heterocycles. The maximum absolute atomic E-state index is 12.4. The van der Waals surface area contributed by atoms with E-state index in [0.29, 0.717) is 11.4 Å². The van der Waals surface area contributed by atoms with Gasteiger partial charge in [0.2, 0.25) is 5.91 Å². The summed E-state index contributed by atoms with van der Waals surface area (Å²) in [6.45, 7) is 0. The molecule has 1 saturated carbocycles. The molecular weight excluding hydrogens is 270 g/mol. The van der Waals surface area contributed by atoms with Crippen LogP contribution in [0.25, 0.3) is 0 Å². The van der Waals surface area contributed by atoms with Crippen molar-refractivity contribution < 1.29 is 19.4 Å². The molecular formula is C16H16NO4-. The van der Waals surface area contributed by atoms with Gasteiger partial charge in [-0.25, -0.2) is 0 Å². The number of aliphatic carboxylic acids is 1. The van der Waals surface area contributed by atoms with E-state index >= 15 is 0 Å². The zero-order valence-corrected chi connectivity index (χ0v) is 11.6. The largest absolute Gasteiger partial charge is 0.550 e. The van der Waals surface area contributed by atoms with Crippen molar-refractivity contribution in [3.63, 3.8) is 0 Å². The van der Waals surface area contributed by atoms with E-state index in [4.69, 9.17) is 4.74 Å². The van der Waals surface area contributed by atoms with Crippen LogP contribution in [0, 0.1) is 23.7 Å². The lowest BCUT2D eigenvalue weighted by Crippen LogP contribution is -2.42. The summed E-state index contributed by atoms with van der Waals surface area (Å²) in [5.74, 6) is -2.16. The summed E-state index contributed by atoms with van der Waals surface area (Å²) in [6.07, 6.45) is 4.55. The Balaban J connectivity index is 1.78. The number of rotatable bonds is 4. The standard InChI is InChI=1S/C16H17NO4/c1-21-12-4-2-3-11(8-12)17-15(18)13-9-5-6-10(7-9)14(13)16(19)20/h2-6,8-10,13-14H,7H2,1H3,(H,17,18)(H,19,20)/p-1/t9-,10+,13+,14+/m1/s1. The van der Waals surface area contributed by atoms with Crippen LogP contribution >= 0.6 is 0 Å². The second-order valence-electron chi connectivity index (χ2n) is 5.54. The molecule has 5 heteroatoms. The molecule has 0 aromatic heterocycles. The van der Waals surface area contributed by atoms with Gasteiger partial charge in [0.1, 0.15) is 5.75 Å². The van der Waals surface area contributed by atoms with E-state index in [1.165, 1.54) is 0 Å². The average Bonchev–Trinajstić information content (AvgIpc) is 3.07. The molecule has 0 spiro atoms. The fraction of sp³-hybridized carbons (Fsp3) is 0.375. The number of ether oxygens (including phenoxy) is 1. The highest BCUT2D eigenvalue weighted by Crippen LogP contribution is 2.48. The number of methoxy groups -OCH3 is 1. The fourth-order valence-electron chi connectivity index (χ4n) is 3.43. The zero-order valence-electron chi connectivity index (χ0n) is 11.6. The van der Waals surface area contributed by atoms with Gasteiger partial charge in [0.15, 0.2) is 0 Å². The Morgan fingerprint density at radius 2 is 1.95 bits per heavy atom. The van der Waals surface area contributed by atoms with Crippen LogP contribution in [0.1, 0.15) is 6.42 Å². The Morgan fingerprint density at radius 1 is 1.24 bits per heavy atom. The first-order valence-corrected chi connectivity index (χ1v) is 6.94. The maximum Gasteiger partial charge on any atom is 0.228 e. The van der Waals surface area contributed by atoms with Gasteiger partial charge in [-0.1, -0.05) is 18.2 Å². The van der Waals surface area contributed by atoms with Gasteiger partial charge in [-0.2, -0.15) is 0 Å². The van der Waals surface area contributed by atoms with Crippen molar-refractivity contribution >= 4 is 17.6 Å². The third-order valence-electron chi connectivity index (χ3n) is 4.37. The van der Waals surface area contributed by atoms with Gasteiger partial charge in [0, 0.05) is 23.6 Å². The van der Waals surface area contributed by atoms with Gasteiger partial charge in [-0.05, 0) is 30.4 Å². The zero-order chi connectivity index (χ0) is 15.0. The Hall–Kier alpha value is -2.30. The van der Waals surface area contributed by atoms with Crippen LogP contribution in [0.5, 0.6) is 5.75 Å². The van der Waals surface area contributed by atoms with E-state index < -0.39 is 17.8 Å². The molecule has 2 bridgehead atoms. The first-order chi connectivity index (χ1) is 10.1. The van der Waals surface area contributed by atoms with E-state index in [1.54, 1.807) is 31.4 Å². The summed E-state index contributed by atoms with van der Waals surface area (Å²) >= 11 is 0. The third kappa shape index (κ3) is 2.39. The molecule has 1 aromatic carbocycles. The molecule has 21 heavy (non-hydrogen) atoms. The summed E-state index contributed by atoms with van der Waals surface area (Å²) in [5, 5.41) is 14.1. The second-order valence-corrected chi connectivity index (χ2v) is 5.54. The van der Waals surface area contributed by atoms with E-state index in [0.717, 1.165) is 6.42 Å². The number of carboxylic acid groups (broad SMARTS) is 1. The molecule has 5 nitrogen and oxygen atoms in total. The van der Waals surface area contributed by atoms with Gasteiger partial charge in [0.05, 0.1) is 13.0 Å². The first-order valence-electron chi connectivity index (χ1n) is 6.94. The number of benzene rings is 1. The van der Waals surface area contributed by atoms with Gasteiger partial charge in [0.25, 0.3) is 0 Å². The minimum Gasteiger partial charge on any atom is -0.550 e. The quantitative estimate of drug-likeness (QED) is 0.831. The van der Waals surface area contributed by atoms with E-state index in [9.17, 15) is 14.7 Å². The number of nitrogens with one attached hydrogen (secondary N) is 1. The van der Waals surface area contributed by atoms with Crippen LogP contribution in [0.2, 0.25) is 0 Å². The van der Waals surface area contributed by atoms with Gasteiger partial charge < -0.3 is 20.0 Å². The molecule has 2 aliphatic rings. The number of carbonyl (C=O) groups excluding carboxylic acids is 2. The lowest BCUT2D eigenvalue weighted by molar-refractivity contribution is -0.313. The molecule has 1 aromatic rings. The van der Waals surface area contributed by atoms with Crippen LogP contribution in [0.15, 0.2) is 36.4 Å². The molecule has 0 heterocycles. The van der Waals surface area contributed by atoms with E-state index in [1.807, 2.05) is 12.2 Å². The van der Waals surface area contributed by atoms with Gasteiger partial charge >= 0.3 is 0 Å². The lowest BCUT2D eigenvalue weighted by Gasteiger charge is -2.27. The van der Waals surface area contributed by atoms with Crippen molar-refractivity contribution in [3.05, 3.63) is 36.4 Å². The molecule has 1 N–H and O–H groups in total. The minimum atomic E-state index is -1.14. The average molecular weight is 286 g/mol. The summed E-state index contributed by atoms with van der Waals surface area (Å²) in [5.41, 5.74) is 0.600. The number of hydrogen-bond acceptors (Lipinski definition) is 4. The molecule has 4 atom stereocenters. The summed E-state index contributed by atoms with van der Waals surface area (Å²) < 4.78 is 5.10. The number of hydrogen-bond donors (Lipinski definition) is 1. The lowest BCUT2D eigenvalue weighted by atomic mass is 9.82. The molecule has 0 unspecified atom stereocenters. The number of fused-ring (bicyclic) bond motifs is 2. The van der Waals surface area contributed by atoms with Crippen LogP contribution in [0.4, 0.5) is 5.69 Å². The molecule has 1 fully saturated rings. The number of carboxylic acids is 1. The van der Waals surface area contributed by atoms with Gasteiger partial charge in [-0.15, -0.1) is 0 Å². The normalized spacial score (nSPS) is 29.4. The number of allylic oxidation sites excluding steroid dienone is 2. The van der Waals surface area contributed by atoms with Crippen LogP contribution < -0.4 is 15.2 Å². The molecule has 3 rings (SSSR count). The number of carbonyl (C=O) groups is 2. The van der Waals surface area contributed by atoms with Crippen molar-refractivity contribution in [2.45, 2.75) is 6.42 Å². The molecule has 110 valence electrons. The second kappa shape index (κ2) is 5.24.